The van der Waals surface area contributed by atoms with Crippen LogP contribution in [-0.4, -0.2) is 16.6 Å². The fourth-order valence-electron chi connectivity index (χ4n) is 1.56. The van der Waals surface area contributed by atoms with Crippen LogP contribution in [0.5, 0.6) is 5.88 Å². The number of aryl methyl sites for hydroxylation is 1. The summed E-state index contributed by atoms with van der Waals surface area (Å²) in [4.78, 5) is 8.01. The van der Waals surface area contributed by atoms with Crippen molar-refractivity contribution in [2.75, 3.05) is 6.61 Å². The summed E-state index contributed by atoms with van der Waals surface area (Å²) in [6, 6.07) is 11.2. The number of pyridine rings is 2. The summed E-state index contributed by atoms with van der Waals surface area (Å²) in [6.07, 6.45) is 5.42. The Morgan fingerprint density at radius 3 is 2.78 bits per heavy atom. The molecule has 0 aliphatic rings. The quantitative estimate of drug-likeness (QED) is 0.751. The third-order valence-corrected chi connectivity index (χ3v) is 2.45. The molecule has 0 aliphatic carbocycles. The van der Waals surface area contributed by atoms with Crippen LogP contribution in [0.25, 0.3) is 0 Å². The summed E-state index contributed by atoms with van der Waals surface area (Å²) in [5, 5.41) is 8.71. The minimum absolute atomic E-state index is 0.377. The highest BCUT2D eigenvalue weighted by molar-refractivity contribution is 5.24. The van der Waals surface area contributed by atoms with Crippen LogP contribution in [0.15, 0.2) is 42.7 Å². The number of nitriles is 1. The molecule has 0 spiro atoms. The summed E-state index contributed by atoms with van der Waals surface area (Å²) in [5.74, 6) is 0.503. The molecule has 0 aromatic carbocycles. The predicted molar refractivity (Wildman–Crippen MR) is 67.0 cm³/mol. The van der Waals surface area contributed by atoms with Crippen molar-refractivity contribution in [3.05, 3.63) is 54.0 Å². The topological polar surface area (TPSA) is 58.8 Å². The van der Waals surface area contributed by atoms with E-state index >= 15 is 0 Å². The molecule has 2 aromatic heterocycles. The van der Waals surface area contributed by atoms with Gasteiger partial charge in [-0.2, -0.15) is 5.26 Å². The maximum Gasteiger partial charge on any atom is 0.214 e. The van der Waals surface area contributed by atoms with Crippen molar-refractivity contribution in [1.29, 1.82) is 5.26 Å². The molecule has 4 heteroatoms. The lowest BCUT2D eigenvalue weighted by Crippen LogP contribution is -2.01. The molecule has 0 atom stereocenters. The van der Waals surface area contributed by atoms with Gasteiger partial charge < -0.3 is 4.74 Å². The van der Waals surface area contributed by atoms with Gasteiger partial charge in [0.15, 0.2) is 0 Å². The Bertz CT molecular complexity index is 534. The number of hydrogen-bond acceptors (Lipinski definition) is 4. The zero-order valence-electron chi connectivity index (χ0n) is 9.91. The van der Waals surface area contributed by atoms with Gasteiger partial charge in [0.05, 0.1) is 6.61 Å². The van der Waals surface area contributed by atoms with Crippen LogP contribution in [0.2, 0.25) is 0 Å². The second kappa shape index (κ2) is 6.36. The second-order valence-electron chi connectivity index (χ2n) is 3.78. The molecule has 18 heavy (non-hydrogen) atoms. The van der Waals surface area contributed by atoms with E-state index in [4.69, 9.17) is 10.00 Å². The molecule has 0 bridgehead atoms. The molecule has 0 aliphatic heterocycles. The molecule has 0 unspecified atom stereocenters. The van der Waals surface area contributed by atoms with Crippen molar-refractivity contribution in [3.63, 3.8) is 0 Å². The van der Waals surface area contributed by atoms with Gasteiger partial charge in [-0.1, -0.05) is 6.07 Å². The number of nitrogens with zero attached hydrogens (tertiary/aromatic N) is 3. The Morgan fingerprint density at radius 1 is 1.17 bits per heavy atom. The van der Waals surface area contributed by atoms with Crippen molar-refractivity contribution < 1.29 is 4.74 Å². The molecule has 0 saturated heterocycles. The monoisotopic (exact) mass is 239 g/mol. The first-order valence-corrected chi connectivity index (χ1v) is 5.77. The molecule has 2 rings (SSSR count). The van der Waals surface area contributed by atoms with Gasteiger partial charge in [0.2, 0.25) is 5.88 Å². The van der Waals surface area contributed by atoms with Gasteiger partial charge in [-0.05, 0) is 36.6 Å². The van der Waals surface area contributed by atoms with Crippen LogP contribution in [0.1, 0.15) is 17.7 Å². The Morgan fingerprint density at radius 2 is 2.00 bits per heavy atom. The van der Waals surface area contributed by atoms with Crippen molar-refractivity contribution in [3.8, 4) is 11.9 Å². The van der Waals surface area contributed by atoms with Gasteiger partial charge in [-0.15, -0.1) is 0 Å². The van der Waals surface area contributed by atoms with Crippen LogP contribution in [-0.2, 0) is 6.42 Å². The van der Waals surface area contributed by atoms with Gasteiger partial charge >= 0.3 is 0 Å². The number of rotatable bonds is 5. The van der Waals surface area contributed by atoms with E-state index in [1.54, 1.807) is 30.6 Å². The van der Waals surface area contributed by atoms with E-state index < -0.39 is 0 Å². The molecule has 0 radical (unpaired) electrons. The molecular formula is C14H13N3O. The van der Waals surface area contributed by atoms with E-state index in [1.165, 1.54) is 5.56 Å². The van der Waals surface area contributed by atoms with Gasteiger partial charge in [0.1, 0.15) is 11.8 Å². The number of hydrogen-bond donors (Lipinski definition) is 0. The molecular weight excluding hydrogens is 226 g/mol. The lowest BCUT2D eigenvalue weighted by Gasteiger charge is -2.05. The average molecular weight is 239 g/mol. The van der Waals surface area contributed by atoms with Crippen LogP contribution < -0.4 is 4.74 Å². The van der Waals surface area contributed by atoms with Crippen molar-refractivity contribution in [1.82, 2.24) is 9.97 Å². The molecule has 2 heterocycles. The van der Waals surface area contributed by atoms with E-state index in [-0.39, 0.29) is 0 Å². The highest BCUT2D eigenvalue weighted by atomic mass is 16.5. The third kappa shape index (κ3) is 3.56. The minimum atomic E-state index is 0.377. The lowest BCUT2D eigenvalue weighted by molar-refractivity contribution is 0.299. The second-order valence-corrected chi connectivity index (χ2v) is 3.78. The fraction of sp³-hybridized carbons (Fsp3) is 0.214. The predicted octanol–water partition coefficient (Wildman–Crippen LogP) is 2.36. The number of ether oxygens (including phenoxy) is 1. The van der Waals surface area contributed by atoms with Crippen LogP contribution >= 0.6 is 0 Å². The Kier molecular flexibility index (Phi) is 4.26. The first-order chi connectivity index (χ1) is 8.88. The molecule has 2 aromatic rings. The summed E-state index contributed by atoms with van der Waals surface area (Å²) in [7, 11) is 0. The molecule has 0 amide bonds. The number of aromatic nitrogens is 2. The van der Waals surface area contributed by atoms with Crippen LogP contribution in [0, 0.1) is 11.3 Å². The smallest absolute Gasteiger partial charge is 0.214 e. The largest absolute Gasteiger partial charge is 0.478 e. The zero-order chi connectivity index (χ0) is 12.6. The summed E-state index contributed by atoms with van der Waals surface area (Å²) < 4.78 is 5.49. The van der Waals surface area contributed by atoms with E-state index in [1.807, 2.05) is 18.2 Å². The Labute approximate surface area is 106 Å². The molecule has 90 valence electrons. The van der Waals surface area contributed by atoms with E-state index in [0.29, 0.717) is 18.2 Å². The summed E-state index contributed by atoms with van der Waals surface area (Å²) >= 11 is 0. The normalized spacial score (nSPS) is 9.72. The Hall–Kier alpha value is -2.41. The van der Waals surface area contributed by atoms with Crippen molar-refractivity contribution in [2.45, 2.75) is 12.8 Å². The third-order valence-electron chi connectivity index (χ3n) is 2.45. The molecule has 0 N–H and O–H groups in total. The molecule has 0 saturated carbocycles. The van der Waals surface area contributed by atoms with Gasteiger partial charge in [0, 0.05) is 18.5 Å². The highest BCUT2D eigenvalue weighted by Crippen LogP contribution is 2.08. The maximum atomic E-state index is 8.71. The zero-order valence-corrected chi connectivity index (χ0v) is 9.91. The first kappa shape index (κ1) is 12.1. The SMILES string of the molecule is N#Cc1cccc(OCCCc2ccncc2)n1. The molecule has 0 fully saturated rings. The van der Waals surface area contributed by atoms with Crippen LogP contribution in [0.4, 0.5) is 0 Å². The Balaban J connectivity index is 1.77. The average Bonchev–Trinajstić information content (AvgIpc) is 2.45. The van der Waals surface area contributed by atoms with Crippen molar-refractivity contribution in [2.24, 2.45) is 0 Å². The van der Waals surface area contributed by atoms with Crippen LogP contribution in [0.3, 0.4) is 0 Å². The summed E-state index contributed by atoms with van der Waals surface area (Å²) in [6.45, 7) is 0.588. The molecule has 4 nitrogen and oxygen atoms in total. The highest BCUT2D eigenvalue weighted by Gasteiger charge is 1.98. The standard InChI is InChI=1S/C14H13N3O/c15-11-13-4-1-5-14(17-13)18-10-2-3-12-6-8-16-9-7-12/h1,4-9H,2-3,10H2. The summed E-state index contributed by atoms with van der Waals surface area (Å²) in [5.41, 5.74) is 1.62. The van der Waals surface area contributed by atoms with Crippen molar-refractivity contribution >= 4 is 0 Å². The fourth-order valence-corrected chi connectivity index (χ4v) is 1.56. The maximum absolute atomic E-state index is 8.71. The van der Waals surface area contributed by atoms with E-state index in [0.717, 1.165) is 12.8 Å². The minimum Gasteiger partial charge on any atom is -0.478 e. The van der Waals surface area contributed by atoms with E-state index in [9.17, 15) is 0 Å². The van der Waals surface area contributed by atoms with Gasteiger partial charge in [0.25, 0.3) is 0 Å². The van der Waals surface area contributed by atoms with E-state index in [2.05, 4.69) is 9.97 Å². The lowest BCUT2D eigenvalue weighted by atomic mass is 10.1. The van der Waals surface area contributed by atoms with Gasteiger partial charge in [-0.3, -0.25) is 4.98 Å². The first-order valence-electron chi connectivity index (χ1n) is 5.77. The van der Waals surface area contributed by atoms with Gasteiger partial charge in [-0.25, -0.2) is 4.98 Å².